The molecule has 0 saturated carbocycles. The topological polar surface area (TPSA) is 204 Å². The molecule has 43 heavy (non-hydrogen) atoms. The number of fused-ring (bicyclic) bond motifs is 1. The number of rotatable bonds is 14. The zero-order valence-electron chi connectivity index (χ0n) is 24.0. The van der Waals surface area contributed by atoms with Crippen molar-refractivity contribution in [1.29, 1.82) is 0 Å². The number of nitrogens with one attached hydrogen (secondary N) is 3. The zero-order chi connectivity index (χ0) is 30.9. The van der Waals surface area contributed by atoms with Gasteiger partial charge in [0.1, 0.15) is 23.9 Å². The lowest BCUT2D eigenvalue weighted by Gasteiger charge is -2.29. The van der Waals surface area contributed by atoms with E-state index in [1.54, 1.807) is 18.3 Å². The minimum absolute atomic E-state index is 0.0961. The number of carbonyl (C=O) groups excluding carboxylic acids is 3. The number of benzene rings is 2. The van der Waals surface area contributed by atoms with Gasteiger partial charge in [0.05, 0.1) is 6.04 Å². The predicted molar refractivity (Wildman–Crippen MR) is 161 cm³/mol. The summed E-state index contributed by atoms with van der Waals surface area (Å²) in [6, 6.07) is 9.93. The molecule has 0 bridgehead atoms. The lowest BCUT2D eigenvalue weighted by Crippen LogP contribution is -2.57. The van der Waals surface area contributed by atoms with E-state index in [0.29, 0.717) is 32.2 Å². The summed E-state index contributed by atoms with van der Waals surface area (Å²) in [6.45, 7) is 0.689. The van der Waals surface area contributed by atoms with E-state index in [4.69, 9.17) is 11.5 Å². The number of nitrogens with two attached hydrogens (primary N) is 2. The summed E-state index contributed by atoms with van der Waals surface area (Å²) in [6.07, 6.45) is 4.44. The first-order chi connectivity index (χ1) is 20.7. The van der Waals surface area contributed by atoms with Crippen LogP contribution >= 0.6 is 0 Å². The van der Waals surface area contributed by atoms with Crippen molar-refractivity contribution < 1.29 is 29.4 Å². The Kier molecular flexibility index (Phi) is 10.7. The van der Waals surface area contributed by atoms with E-state index in [1.807, 2.05) is 24.3 Å². The van der Waals surface area contributed by atoms with Crippen LogP contribution in [0.2, 0.25) is 0 Å². The average Bonchev–Trinajstić information content (AvgIpc) is 3.65. The van der Waals surface area contributed by atoms with Gasteiger partial charge in [0, 0.05) is 30.1 Å². The van der Waals surface area contributed by atoms with E-state index >= 15 is 0 Å². The minimum Gasteiger partial charge on any atom is -0.508 e. The molecular formula is C31H40N6O6. The molecule has 3 aromatic rings. The molecule has 9 N–H and O–H groups in total. The highest BCUT2D eigenvalue weighted by atomic mass is 16.4. The fourth-order valence-electron chi connectivity index (χ4n) is 5.50. The highest BCUT2D eigenvalue weighted by Gasteiger charge is 2.38. The van der Waals surface area contributed by atoms with Crippen molar-refractivity contribution in [3.63, 3.8) is 0 Å². The number of phenolic OH excluding ortho intramolecular Hbond substituents is 1. The number of unbranched alkanes of at least 4 members (excludes halogenated alkanes) is 1. The Morgan fingerprint density at radius 3 is 2.42 bits per heavy atom. The molecule has 0 spiro atoms. The number of aromatic amines is 1. The van der Waals surface area contributed by atoms with Crippen LogP contribution in [0.15, 0.2) is 54.7 Å². The van der Waals surface area contributed by atoms with Gasteiger partial charge in [-0.3, -0.25) is 14.4 Å². The number of carboxylic acids is 1. The summed E-state index contributed by atoms with van der Waals surface area (Å²) < 4.78 is 0. The summed E-state index contributed by atoms with van der Waals surface area (Å²) >= 11 is 0. The van der Waals surface area contributed by atoms with Gasteiger partial charge in [-0.05, 0) is 74.4 Å². The second-order valence-electron chi connectivity index (χ2n) is 11.0. The van der Waals surface area contributed by atoms with Crippen molar-refractivity contribution in [1.82, 2.24) is 20.5 Å². The molecule has 3 amide bonds. The molecule has 1 aliphatic heterocycles. The molecule has 1 aliphatic rings. The summed E-state index contributed by atoms with van der Waals surface area (Å²) in [5.74, 6) is -2.58. The van der Waals surface area contributed by atoms with Gasteiger partial charge in [0.2, 0.25) is 17.7 Å². The van der Waals surface area contributed by atoms with Crippen molar-refractivity contribution in [3.05, 3.63) is 65.9 Å². The zero-order valence-corrected chi connectivity index (χ0v) is 24.0. The van der Waals surface area contributed by atoms with E-state index in [1.165, 1.54) is 17.0 Å². The van der Waals surface area contributed by atoms with Crippen LogP contribution < -0.4 is 22.1 Å². The van der Waals surface area contributed by atoms with Crippen LogP contribution in [0.3, 0.4) is 0 Å². The van der Waals surface area contributed by atoms with Crippen LogP contribution in [0.4, 0.5) is 0 Å². The number of hydrogen-bond donors (Lipinski definition) is 7. The minimum atomic E-state index is -1.09. The van der Waals surface area contributed by atoms with E-state index in [0.717, 1.165) is 22.0 Å². The van der Waals surface area contributed by atoms with Crippen LogP contribution in [-0.2, 0) is 32.0 Å². The number of aliphatic carboxylic acids is 1. The van der Waals surface area contributed by atoms with Crippen LogP contribution in [0.1, 0.15) is 43.2 Å². The second-order valence-corrected chi connectivity index (χ2v) is 11.0. The number of nitrogens with zero attached hydrogens (tertiary/aromatic N) is 1. The molecule has 2 heterocycles. The standard InChI is InChI=1S/C31H40N6O6/c32-14-4-3-8-25(35-28(39)23(33)16-19-10-12-21(38)13-11-19)29(40)36-26(30(41)37-15-5-9-27(37)31(42)43)17-20-18-34-24-7-2-1-6-22(20)24/h1-2,6-7,10-13,18,23,25-27,34,38H,3-5,8-9,14-17,32-33H2,(H,35,39)(H,36,40)(H,42,43). The van der Waals surface area contributed by atoms with Gasteiger partial charge in [-0.25, -0.2) is 4.79 Å². The predicted octanol–water partition coefficient (Wildman–Crippen LogP) is 1.16. The Hall–Kier alpha value is -4.42. The number of likely N-dealkylation sites (tertiary alicyclic amines) is 1. The Morgan fingerprint density at radius 1 is 0.977 bits per heavy atom. The van der Waals surface area contributed by atoms with E-state index in [-0.39, 0.29) is 31.6 Å². The number of hydrogen-bond acceptors (Lipinski definition) is 7. The van der Waals surface area contributed by atoms with Crippen LogP contribution in [0, 0.1) is 0 Å². The molecule has 2 aromatic carbocycles. The van der Waals surface area contributed by atoms with E-state index < -0.39 is 47.9 Å². The third-order valence-corrected chi connectivity index (χ3v) is 7.84. The molecule has 0 radical (unpaired) electrons. The number of aromatic hydroxyl groups is 1. The molecule has 12 nitrogen and oxygen atoms in total. The molecule has 12 heteroatoms. The van der Waals surface area contributed by atoms with Gasteiger partial charge in [-0.1, -0.05) is 30.3 Å². The average molecular weight is 593 g/mol. The number of para-hydroxylation sites is 1. The van der Waals surface area contributed by atoms with Gasteiger partial charge in [-0.15, -0.1) is 0 Å². The van der Waals surface area contributed by atoms with Crippen LogP contribution in [0.5, 0.6) is 5.75 Å². The molecule has 1 aromatic heterocycles. The summed E-state index contributed by atoms with van der Waals surface area (Å²) in [5, 5.41) is 25.7. The van der Waals surface area contributed by atoms with Gasteiger partial charge in [0.25, 0.3) is 0 Å². The Bertz CT molecular complexity index is 1420. The number of phenols is 1. The number of H-pyrrole nitrogens is 1. The largest absolute Gasteiger partial charge is 0.508 e. The molecular weight excluding hydrogens is 552 g/mol. The van der Waals surface area contributed by atoms with Gasteiger partial charge >= 0.3 is 5.97 Å². The summed E-state index contributed by atoms with van der Waals surface area (Å²) in [5.41, 5.74) is 14.2. The van der Waals surface area contributed by atoms with Crippen molar-refractivity contribution in [2.75, 3.05) is 13.1 Å². The van der Waals surface area contributed by atoms with Crippen LogP contribution in [0.25, 0.3) is 10.9 Å². The van der Waals surface area contributed by atoms with Crippen molar-refractivity contribution >= 4 is 34.6 Å². The third kappa shape index (κ3) is 8.11. The highest BCUT2D eigenvalue weighted by molar-refractivity contribution is 5.95. The SMILES string of the molecule is NCCCCC(NC(=O)C(N)Cc1ccc(O)cc1)C(=O)NC(Cc1c[nH]c2ccccc12)C(=O)N1CCCC1C(=O)O. The van der Waals surface area contributed by atoms with Gasteiger partial charge in [0.15, 0.2) is 0 Å². The molecule has 4 rings (SSSR count). The smallest absolute Gasteiger partial charge is 0.326 e. The lowest BCUT2D eigenvalue weighted by atomic mass is 10.0. The molecule has 230 valence electrons. The Labute approximate surface area is 249 Å². The number of carboxylic acid groups (broad SMARTS) is 1. The molecule has 1 saturated heterocycles. The Morgan fingerprint density at radius 2 is 1.70 bits per heavy atom. The second kappa shape index (κ2) is 14.7. The first kappa shape index (κ1) is 31.5. The maximum atomic E-state index is 13.8. The van der Waals surface area contributed by atoms with Crippen molar-refractivity contribution in [2.24, 2.45) is 11.5 Å². The maximum absolute atomic E-state index is 13.8. The normalized spacial score (nSPS) is 16.9. The number of carbonyl (C=O) groups is 4. The molecule has 4 unspecified atom stereocenters. The molecule has 4 atom stereocenters. The van der Waals surface area contributed by atoms with Gasteiger partial charge < -0.3 is 42.2 Å². The van der Waals surface area contributed by atoms with Gasteiger partial charge in [-0.2, -0.15) is 0 Å². The first-order valence-corrected chi connectivity index (χ1v) is 14.6. The van der Waals surface area contributed by atoms with Crippen molar-refractivity contribution in [3.8, 4) is 5.75 Å². The summed E-state index contributed by atoms with van der Waals surface area (Å²) in [7, 11) is 0. The third-order valence-electron chi connectivity index (χ3n) is 7.84. The quantitative estimate of drug-likeness (QED) is 0.135. The summed E-state index contributed by atoms with van der Waals surface area (Å²) in [4.78, 5) is 56.9. The molecule has 1 fully saturated rings. The first-order valence-electron chi connectivity index (χ1n) is 14.6. The monoisotopic (exact) mass is 592 g/mol. The number of aromatic nitrogens is 1. The maximum Gasteiger partial charge on any atom is 0.326 e. The van der Waals surface area contributed by atoms with Crippen LogP contribution in [-0.4, -0.2) is 81.0 Å². The Balaban J connectivity index is 1.53. The van der Waals surface area contributed by atoms with Crippen molar-refractivity contribution in [2.45, 2.75) is 69.1 Å². The fourth-order valence-corrected chi connectivity index (χ4v) is 5.50. The van der Waals surface area contributed by atoms with E-state index in [9.17, 15) is 29.4 Å². The number of amides is 3. The van der Waals surface area contributed by atoms with E-state index in [2.05, 4.69) is 15.6 Å². The lowest BCUT2D eigenvalue weighted by molar-refractivity contribution is -0.149. The molecule has 0 aliphatic carbocycles. The highest BCUT2D eigenvalue weighted by Crippen LogP contribution is 2.23. The fraction of sp³-hybridized carbons (Fsp3) is 0.419.